The summed E-state index contributed by atoms with van der Waals surface area (Å²) >= 11 is 0. The Balaban J connectivity index is 1.72. The maximum Gasteiger partial charge on any atom is 0.243 e. The second-order valence-electron chi connectivity index (χ2n) is 6.69. The fraction of sp³-hybridized carbons (Fsp3) is 0.250. The molecule has 0 saturated carbocycles. The molecule has 2 aromatic carbocycles. The van der Waals surface area contributed by atoms with Crippen LogP contribution in [0.4, 0.5) is 0 Å². The lowest BCUT2D eigenvalue weighted by atomic mass is 9.89. The first-order valence-corrected chi connectivity index (χ1v) is 10.1. The summed E-state index contributed by atoms with van der Waals surface area (Å²) in [7, 11) is -3.60. The number of rotatable bonds is 4. The molecule has 0 amide bonds. The molecule has 0 aliphatic carbocycles. The third-order valence-corrected chi connectivity index (χ3v) is 7.09. The zero-order chi connectivity index (χ0) is 18.1. The van der Waals surface area contributed by atoms with Gasteiger partial charge in [-0.1, -0.05) is 42.5 Å². The van der Waals surface area contributed by atoms with Crippen molar-refractivity contribution in [2.75, 3.05) is 19.6 Å². The number of fused-ring (bicyclic) bond motifs is 1. The molecule has 3 aromatic rings. The number of benzene rings is 2. The van der Waals surface area contributed by atoms with E-state index in [1.807, 2.05) is 36.4 Å². The van der Waals surface area contributed by atoms with Crippen molar-refractivity contribution < 1.29 is 8.42 Å². The van der Waals surface area contributed by atoms with E-state index in [1.165, 1.54) is 0 Å². The molecular weight excluding hydrogens is 346 g/mol. The van der Waals surface area contributed by atoms with Crippen LogP contribution in [0, 0.1) is 5.92 Å². The standard InChI is InChI=1S/C20H21N3O2S/c21-11-17-13-23(14-19(17)15-5-2-1-3-6-15)26(24,25)20-8-4-7-16-12-22-10-9-18(16)20/h1-10,12,17,19H,11,13-14,21H2/t17-,19+/m1/s1. The van der Waals surface area contributed by atoms with E-state index >= 15 is 0 Å². The van der Waals surface area contributed by atoms with Crippen LogP contribution in [0.15, 0.2) is 71.9 Å². The first-order chi connectivity index (χ1) is 12.6. The Kier molecular flexibility index (Phi) is 4.48. The molecule has 2 heterocycles. The zero-order valence-corrected chi connectivity index (χ0v) is 15.1. The quantitative estimate of drug-likeness (QED) is 0.769. The van der Waals surface area contributed by atoms with E-state index in [1.54, 1.807) is 34.9 Å². The van der Waals surface area contributed by atoms with Gasteiger partial charge >= 0.3 is 0 Å². The van der Waals surface area contributed by atoms with E-state index in [9.17, 15) is 8.42 Å². The number of sulfonamides is 1. The van der Waals surface area contributed by atoms with Crippen molar-refractivity contribution in [3.05, 3.63) is 72.6 Å². The molecule has 1 aromatic heterocycles. The van der Waals surface area contributed by atoms with Crippen molar-refractivity contribution in [3.8, 4) is 0 Å². The number of nitrogens with zero attached hydrogens (tertiary/aromatic N) is 2. The van der Waals surface area contributed by atoms with E-state index in [4.69, 9.17) is 5.73 Å². The van der Waals surface area contributed by atoms with Crippen LogP contribution >= 0.6 is 0 Å². The van der Waals surface area contributed by atoms with Crippen molar-refractivity contribution in [2.45, 2.75) is 10.8 Å². The van der Waals surface area contributed by atoms with E-state index in [-0.39, 0.29) is 11.8 Å². The van der Waals surface area contributed by atoms with Gasteiger partial charge in [-0.2, -0.15) is 4.31 Å². The highest BCUT2D eigenvalue weighted by Crippen LogP contribution is 2.36. The van der Waals surface area contributed by atoms with Crippen molar-refractivity contribution >= 4 is 20.8 Å². The van der Waals surface area contributed by atoms with Gasteiger partial charge in [0.2, 0.25) is 10.0 Å². The Hall–Kier alpha value is -2.28. The van der Waals surface area contributed by atoms with Gasteiger partial charge in [0.05, 0.1) is 4.90 Å². The van der Waals surface area contributed by atoms with Crippen LogP contribution < -0.4 is 5.73 Å². The molecule has 4 rings (SSSR count). The molecule has 6 heteroatoms. The first kappa shape index (κ1) is 17.1. The molecule has 134 valence electrons. The molecule has 0 radical (unpaired) electrons. The zero-order valence-electron chi connectivity index (χ0n) is 14.3. The lowest BCUT2D eigenvalue weighted by molar-refractivity contribution is 0.459. The molecule has 0 unspecified atom stereocenters. The summed E-state index contributed by atoms with van der Waals surface area (Å²) in [5.74, 6) is 0.233. The van der Waals surface area contributed by atoms with Gasteiger partial charge in [0.25, 0.3) is 0 Å². The molecule has 1 aliphatic rings. The second-order valence-corrected chi connectivity index (χ2v) is 8.59. The lowest BCUT2D eigenvalue weighted by Crippen LogP contribution is -2.30. The van der Waals surface area contributed by atoms with Gasteiger partial charge in [-0.25, -0.2) is 8.42 Å². The minimum atomic E-state index is -3.60. The molecule has 26 heavy (non-hydrogen) atoms. The first-order valence-electron chi connectivity index (χ1n) is 8.69. The average Bonchev–Trinajstić information content (AvgIpc) is 3.13. The van der Waals surface area contributed by atoms with Crippen molar-refractivity contribution in [2.24, 2.45) is 11.7 Å². The third-order valence-electron chi connectivity index (χ3n) is 5.20. The van der Waals surface area contributed by atoms with E-state index in [2.05, 4.69) is 4.98 Å². The molecule has 0 spiro atoms. The van der Waals surface area contributed by atoms with Crippen LogP contribution in [0.5, 0.6) is 0 Å². The summed E-state index contributed by atoms with van der Waals surface area (Å²) < 4.78 is 28.3. The van der Waals surface area contributed by atoms with Gasteiger partial charge in [0, 0.05) is 42.2 Å². The summed E-state index contributed by atoms with van der Waals surface area (Å²) in [6.07, 6.45) is 3.31. The van der Waals surface area contributed by atoms with E-state index in [0.717, 1.165) is 10.9 Å². The fourth-order valence-electron chi connectivity index (χ4n) is 3.80. The number of pyridine rings is 1. The SMILES string of the molecule is NC[C@@H]1CN(S(=O)(=O)c2cccc3cnccc23)C[C@H]1c1ccccc1. The van der Waals surface area contributed by atoms with Gasteiger partial charge in [-0.05, 0) is 30.2 Å². The molecule has 2 atom stereocenters. The van der Waals surface area contributed by atoms with Gasteiger partial charge in [-0.15, -0.1) is 0 Å². The smallest absolute Gasteiger partial charge is 0.243 e. The molecule has 1 fully saturated rings. The summed E-state index contributed by atoms with van der Waals surface area (Å²) in [6.45, 7) is 1.36. The molecule has 0 bridgehead atoms. The number of aromatic nitrogens is 1. The second kappa shape index (κ2) is 6.79. The maximum absolute atomic E-state index is 13.4. The van der Waals surface area contributed by atoms with Crippen molar-refractivity contribution in [3.63, 3.8) is 0 Å². The third kappa shape index (κ3) is 2.90. The topological polar surface area (TPSA) is 76.3 Å². The van der Waals surface area contributed by atoms with Gasteiger partial charge < -0.3 is 5.73 Å². The molecule has 2 N–H and O–H groups in total. The molecule has 1 saturated heterocycles. The van der Waals surface area contributed by atoms with Gasteiger partial charge in [-0.3, -0.25) is 4.98 Å². The van der Waals surface area contributed by atoms with Crippen LogP contribution in [0.2, 0.25) is 0 Å². The van der Waals surface area contributed by atoms with Gasteiger partial charge in [0.15, 0.2) is 0 Å². The number of hydrogen-bond donors (Lipinski definition) is 1. The molecule has 5 nitrogen and oxygen atoms in total. The van der Waals surface area contributed by atoms with Crippen molar-refractivity contribution in [1.82, 2.24) is 9.29 Å². The average molecular weight is 367 g/mol. The van der Waals surface area contributed by atoms with Crippen molar-refractivity contribution in [1.29, 1.82) is 0 Å². The van der Waals surface area contributed by atoms with Crippen LogP contribution in [-0.2, 0) is 10.0 Å². The highest BCUT2D eigenvalue weighted by Gasteiger charge is 2.39. The highest BCUT2D eigenvalue weighted by molar-refractivity contribution is 7.89. The Bertz CT molecular complexity index is 1020. The Labute approximate surface area is 153 Å². The van der Waals surface area contributed by atoms with E-state index in [0.29, 0.717) is 29.9 Å². The normalized spacial score (nSPS) is 21.3. The van der Waals surface area contributed by atoms with Crippen LogP contribution in [0.3, 0.4) is 0 Å². The monoisotopic (exact) mass is 367 g/mol. The summed E-state index contributed by atoms with van der Waals surface area (Å²) in [5.41, 5.74) is 7.11. The number of hydrogen-bond acceptors (Lipinski definition) is 4. The number of nitrogens with two attached hydrogens (primary N) is 1. The molecular formula is C20H21N3O2S. The predicted octanol–water partition coefficient (Wildman–Crippen LogP) is 2.60. The maximum atomic E-state index is 13.4. The minimum absolute atomic E-state index is 0.115. The summed E-state index contributed by atoms with van der Waals surface area (Å²) in [4.78, 5) is 4.42. The predicted molar refractivity (Wildman–Crippen MR) is 102 cm³/mol. The highest BCUT2D eigenvalue weighted by atomic mass is 32.2. The van der Waals surface area contributed by atoms with Crippen LogP contribution in [0.1, 0.15) is 11.5 Å². The summed E-state index contributed by atoms with van der Waals surface area (Å²) in [6, 6.07) is 17.1. The van der Waals surface area contributed by atoms with E-state index < -0.39 is 10.0 Å². The molecule has 1 aliphatic heterocycles. The fourth-order valence-corrected chi connectivity index (χ4v) is 5.54. The summed E-state index contributed by atoms with van der Waals surface area (Å²) in [5, 5.41) is 1.53. The van der Waals surface area contributed by atoms with Crippen LogP contribution in [-0.4, -0.2) is 37.3 Å². The minimum Gasteiger partial charge on any atom is -0.330 e. The largest absolute Gasteiger partial charge is 0.330 e. The lowest BCUT2D eigenvalue weighted by Gasteiger charge is -2.18. The van der Waals surface area contributed by atoms with Gasteiger partial charge in [0.1, 0.15) is 0 Å². The van der Waals surface area contributed by atoms with Crippen LogP contribution in [0.25, 0.3) is 10.8 Å². The Morgan fingerprint density at radius 1 is 1.04 bits per heavy atom. The Morgan fingerprint density at radius 3 is 2.62 bits per heavy atom. The Morgan fingerprint density at radius 2 is 1.85 bits per heavy atom.